The number of hydrogen-bond donors (Lipinski definition) is 3. The van der Waals surface area contributed by atoms with E-state index < -0.39 is 5.60 Å². The third kappa shape index (κ3) is 5.20. The second kappa shape index (κ2) is 10.9. The van der Waals surface area contributed by atoms with E-state index in [1.807, 2.05) is 32.9 Å². The number of hydrogen-bond acceptors (Lipinski definition) is 7. The molecule has 0 saturated carbocycles. The summed E-state index contributed by atoms with van der Waals surface area (Å²) >= 11 is 0. The number of ether oxygens (including phenoxy) is 2. The maximum Gasteiger partial charge on any atom is 0.210 e. The normalized spacial score (nSPS) is 16.4. The standard InChI is InChI=1S/C31H39N5O3/c1-5-39-30(32)29(35(4)33)22-17-26-27(34-19-22)24-12-11-23(31(2,3)37)18-25(24)36(26)28(20-9-7-6-8-10-20)21-13-15-38-16-14-21/h6-12,17-19,21,28,37H,5,13-16,32-33H2,1-4H3/b30-29+/t28-/m1/s1. The van der Waals surface area contributed by atoms with Crippen LogP contribution in [0.3, 0.4) is 0 Å². The Morgan fingerprint density at radius 3 is 2.51 bits per heavy atom. The van der Waals surface area contributed by atoms with Crippen molar-refractivity contribution in [3.8, 4) is 0 Å². The molecule has 5 N–H and O–H groups in total. The Hall–Kier alpha value is -3.59. The second-order valence-electron chi connectivity index (χ2n) is 10.8. The highest BCUT2D eigenvalue weighted by atomic mass is 16.5. The molecule has 0 radical (unpaired) electrons. The summed E-state index contributed by atoms with van der Waals surface area (Å²) in [4.78, 5) is 4.95. The van der Waals surface area contributed by atoms with Gasteiger partial charge in [-0.05, 0) is 62.8 Å². The average Bonchev–Trinajstić information content (AvgIpc) is 3.23. The maximum absolute atomic E-state index is 10.9. The van der Waals surface area contributed by atoms with E-state index in [1.54, 1.807) is 13.2 Å². The molecular weight excluding hydrogens is 490 g/mol. The van der Waals surface area contributed by atoms with Crippen LogP contribution in [-0.2, 0) is 15.1 Å². The zero-order valence-electron chi connectivity index (χ0n) is 23.2. The first-order valence-electron chi connectivity index (χ1n) is 13.6. The molecule has 3 heterocycles. The monoisotopic (exact) mass is 529 g/mol. The minimum absolute atomic E-state index is 0.0384. The molecule has 0 bridgehead atoms. The molecule has 4 aromatic rings. The lowest BCUT2D eigenvalue weighted by atomic mass is 9.86. The summed E-state index contributed by atoms with van der Waals surface area (Å²) in [6, 6.07) is 18.9. The summed E-state index contributed by atoms with van der Waals surface area (Å²) in [6.45, 7) is 7.42. The van der Waals surface area contributed by atoms with Crippen molar-refractivity contribution in [2.45, 2.75) is 45.3 Å². The van der Waals surface area contributed by atoms with Gasteiger partial charge in [0.15, 0.2) is 0 Å². The van der Waals surface area contributed by atoms with Crippen molar-refractivity contribution in [3.63, 3.8) is 0 Å². The summed E-state index contributed by atoms with van der Waals surface area (Å²) < 4.78 is 13.8. The zero-order valence-corrected chi connectivity index (χ0v) is 23.2. The number of aromatic nitrogens is 2. The van der Waals surface area contributed by atoms with Crippen LogP contribution in [0.4, 0.5) is 0 Å². The van der Waals surface area contributed by atoms with E-state index in [1.165, 1.54) is 10.6 Å². The van der Waals surface area contributed by atoms with Crippen LogP contribution in [0, 0.1) is 5.92 Å². The van der Waals surface area contributed by atoms with Crippen molar-refractivity contribution in [1.29, 1.82) is 0 Å². The first-order valence-corrected chi connectivity index (χ1v) is 13.6. The minimum Gasteiger partial charge on any atom is -0.478 e. The molecule has 8 nitrogen and oxygen atoms in total. The van der Waals surface area contributed by atoms with E-state index in [4.69, 9.17) is 26.0 Å². The number of nitrogens with two attached hydrogens (primary N) is 2. The van der Waals surface area contributed by atoms with Gasteiger partial charge in [0.1, 0.15) is 5.70 Å². The second-order valence-corrected chi connectivity index (χ2v) is 10.8. The number of fused-ring (bicyclic) bond motifs is 3. The molecule has 0 spiro atoms. The molecule has 0 amide bonds. The Balaban J connectivity index is 1.86. The van der Waals surface area contributed by atoms with Crippen LogP contribution in [0.25, 0.3) is 27.6 Å². The molecular formula is C31H39N5O3. The number of pyridine rings is 1. The Bertz CT molecular complexity index is 1480. The van der Waals surface area contributed by atoms with E-state index >= 15 is 0 Å². The predicted molar refractivity (Wildman–Crippen MR) is 155 cm³/mol. The largest absolute Gasteiger partial charge is 0.478 e. The summed E-state index contributed by atoms with van der Waals surface area (Å²) in [5.41, 5.74) is 11.6. The van der Waals surface area contributed by atoms with E-state index in [-0.39, 0.29) is 11.9 Å². The van der Waals surface area contributed by atoms with Gasteiger partial charge in [0.25, 0.3) is 0 Å². The van der Waals surface area contributed by atoms with Crippen LogP contribution in [-0.4, -0.2) is 46.5 Å². The van der Waals surface area contributed by atoms with Gasteiger partial charge in [-0.3, -0.25) is 4.98 Å². The third-order valence-electron chi connectivity index (χ3n) is 7.64. The highest BCUT2D eigenvalue weighted by Crippen LogP contribution is 2.41. The fourth-order valence-electron chi connectivity index (χ4n) is 5.77. The van der Waals surface area contributed by atoms with Gasteiger partial charge in [0, 0.05) is 37.4 Å². The first kappa shape index (κ1) is 27.0. The third-order valence-corrected chi connectivity index (χ3v) is 7.64. The van der Waals surface area contributed by atoms with Gasteiger partial charge in [-0.1, -0.05) is 42.5 Å². The average molecular weight is 530 g/mol. The van der Waals surface area contributed by atoms with E-state index in [9.17, 15) is 5.11 Å². The molecule has 39 heavy (non-hydrogen) atoms. The topological polar surface area (TPSA) is 112 Å². The molecule has 1 aliphatic heterocycles. The fourth-order valence-corrected chi connectivity index (χ4v) is 5.77. The van der Waals surface area contributed by atoms with Gasteiger partial charge < -0.3 is 29.9 Å². The fraction of sp³-hybridized carbons (Fsp3) is 0.387. The van der Waals surface area contributed by atoms with E-state index in [2.05, 4.69) is 47.0 Å². The lowest BCUT2D eigenvalue weighted by Gasteiger charge is -2.33. The molecule has 8 heteroatoms. The minimum atomic E-state index is -0.987. The van der Waals surface area contributed by atoms with Crippen LogP contribution in [0.1, 0.15) is 56.3 Å². The number of nitrogens with zero attached hydrogens (tertiary/aromatic N) is 3. The zero-order chi connectivity index (χ0) is 27.7. The smallest absolute Gasteiger partial charge is 0.210 e. The SMILES string of the molecule is CCO/C(N)=C(\c1cnc2c3ccc(C(C)(C)O)cc3n([C@H](c3ccccc3)C3CCOCC3)c2c1)N(C)N. The number of aliphatic hydroxyl groups is 1. The van der Waals surface area contributed by atoms with Gasteiger partial charge in [-0.15, -0.1) is 0 Å². The maximum atomic E-state index is 10.9. The lowest BCUT2D eigenvalue weighted by Crippen LogP contribution is -2.28. The van der Waals surface area contributed by atoms with Gasteiger partial charge >= 0.3 is 0 Å². The molecule has 1 fully saturated rings. The van der Waals surface area contributed by atoms with E-state index in [0.29, 0.717) is 18.2 Å². The van der Waals surface area contributed by atoms with Crippen LogP contribution in [0.15, 0.2) is 66.7 Å². The Morgan fingerprint density at radius 2 is 1.87 bits per heavy atom. The van der Waals surface area contributed by atoms with Crippen molar-refractivity contribution in [2.75, 3.05) is 26.9 Å². The number of rotatable bonds is 8. The molecule has 1 atom stereocenters. The van der Waals surface area contributed by atoms with Gasteiger partial charge in [-0.2, -0.15) is 0 Å². The summed E-state index contributed by atoms with van der Waals surface area (Å²) in [6.07, 6.45) is 3.70. The van der Waals surface area contributed by atoms with Gasteiger partial charge in [0.2, 0.25) is 5.88 Å². The van der Waals surface area contributed by atoms with Crippen LogP contribution in [0.5, 0.6) is 0 Å². The molecule has 0 aliphatic carbocycles. The number of hydrazine groups is 1. The van der Waals surface area contributed by atoms with Crippen LogP contribution < -0.4 is 11.6 Å². The number of benzene rings is 2. The summed E-state index contributed by atoms with van der Waals surface area (Å²) in [5, 5.41) is 13.4. The molecule has 2 aromatic carbocycles. The molecule has 206 valence electrons. The van der Waals surface area contributed by atoms with Crippen molar-refractivity contribution >= 4 is 27.6 Å². The molecule has 2 aromatic heterocycles. The highest BCUT2D eigenvalue weighted by Gasteiger charge is 2.31. The molecule has 0 unspecified atom stereocenters. The Kier molecular flexibility index (Phi) is 7.53. The van der Waals surface area contributed by atoms with E-state index in [0.717, 1.165) is 59.1 Å². The Morgan fingerprint density at radius 1 is 1.15 bits per heavy atom. The highest BCUT2D eigenvalue weighted by molar-refractivity contribution is 6.06. The Labute approximate surface area is 229 Å². The first-order chi connectivity index (χ1) is 18.7. The van der Waals surface area contributed by atoms with Crippen molar-refractivity contribution in [1.82, 2.24) is 14.6 Å². The van der Waals surface area contributed by atoms with Gasteiger partial charge in [-0.25, -0.2) is 5.84 Å². The predicted octanol–water partition coefficient (Wildman–Crippen LogP) is 4.86. The van der Waals surface area contributed by atoms with Crippen molar-refractivity contribution in [3.05, 3.63) is 83.4 Å². The molecule has 1 saturated heterocycles. The van der Waals surface area contributed by atoms with Crippen LogP contribution >= 0.6 is 0 Å². The summed E-state index contributed by atoms with van der Waals surface area (Å²) in [7, 11) is 1.74. The summed E-state index contributed by atoms with van der Waals surface area (Å²) in [5.74, 6) is 6.84. The van der Waals surface area contributed by atoms with Crippen LogP contribution in [0.2, 0.25) is 0 Å². The quantitative estimate of drug-likeness (QED) is 0.170. The molecule has 5 rings (SSSR count). The van der Waals surface area contributed by atoms with Gasteiger partial charge in [0.05, 0.1) is 34.8 Å². The van der Waals surface area contributed by atoms with Crippen molar-refractivity contribution < 1.29 is 14.6 Å². The van der Waals surface area contributed by atoms with Crippen molar-refractivity contribution in [2.24, 2.45) is 17.5 Å². The molecule has 1 aliphatic rings. The lowest BCUT2D eigenvalue weighted by molar-refractivity contribution is 0.0552.